The number of benzene rings is 3. The van der Waals surface area contributed by atoms with Crippen molar-refractivity contribution < 1.29 is 37.0 Å². The first kappa shape index (κ1) is 29.8. The Bertz CT molecular complexity index is 1360. The van der Waals surface area contributed by atoms with E-state index < -0.39 is 23.9 Å². The second-order valence-electron chi connectivity index (χ2n) is 9.81. The van der Waals surface area contributed by atoms with Crippen molar-refractivity contribution in [3.63, 3.8) is 0 Å². The molecule has 4 rings (SSSR count). The fraction of sp³-hybridized carbons (Fsp3) is 0.355. The minimum Gasteiger partial charge on any atom is -0.493 e. The number of carbonyl (C=O) groups is 2. The smallest absolute Gasteiger partial charge is 0.416 e. The van der Waals surface area contributed by atoms with Crippen molar-refractivity contribution in [3.8, 4) is 11.5 Å². The van der Waals surface area contributed by atoms with Crippen LogP contribution in [0.15, 0.2) is 66.7 Å². The molecule has 0 saturated carbocycles. The highest BCUT2D eigenvalue weighted by molar-refractivity contribution is 5.91. The lowest BCUT2D eigenvalue weighted by molar-refractivity contribution is -0.137. The number of anilines is 1. The summed E-state index contributed by atoms with van der Waals surface area (Å²) < 4.78 is 55.7. The first-order chi connectivity index (χ1) is 19.6. The van der Waals surface area contributed by atoms with E-state index >= 15 is 0 Å². The average molecular weight is 571 g/mol. The highest BCUT2D eigenvalue weighted by Crippen LogP contribution is 2.46. The molecule has 0 bridgehead atoms. The standard InChI is InChI=1S/C31H33F3N2O5/c1-5-41-30(38)36-20(2)15-25(24-17-27(39-3)28(40-4)18-26(24)36)35(19-22-9-7-6-8-10-22)29(37)16-21-11-13-23(14-12-21)31(32,33)34/h6-14,17-18,20,25H,5,15-16,19H2,1-4H3. The lowest BCUT2D eigenvalue weighted by Crippen LogP contribution is -2.48. The maximum Gasteiger partial charge on any atom is 0.416 e. The molecule has 1 aliphatic rings. The van der Waals surface area contributed by atoms with Crippen LogP contribution in [0.5, 0.6) is 11.5 Å². The van der Waals surface area contributed by atoms with Gasteiger partial charge in [0.05, 0.1) is 44.5 Å². The van der Waals surface area contributed by atoms with Crippen molar-refractivity contribution in [2.75, 3.05) is 25.7 Å². The van der Waals surface area contributed by atoms with Crippen molar-refractivity contribution in [1.29, 1.82) is 0 Å². The minimum absolute atomic E-state index is 0.0972. The van der Waals surface area contributed by atoms with E-state index in [0.717, 1.165) is 17.7 Å². The molecule has 0 aromatic heterocycles. The zero-order valence-corrected chi connectivity index (χ0v) is 23.4. The summed E-state index contributed by atoms with van der Waals surface area (Å²) in [5, 5.41) is 0. The van der Waals surface area contributed by atoms with E-state index in [0.29, 0.717) is 34.7 Å². The topological polar surface area (TPSA) is 68.3 Å². The molecule has 1 heterocycles. The number of amides is 2. The number of methoxy groups -OCH3 is 2. The third-order valence-electron chi connectivity index (χ3n) is 7.15. The number of hydrogen-bond donors (Lipinski definition) is 0. The number of carbonyl (C=O) groups excluding carboxylic acids is 2. The van der Waals surface area contributed by atoms with Crippen LogP contribution in [0.2, 0.25) is 0 Å². The minimum atomic E-state index is -4.46. The monoisotopic (exact) mass is 570 g/mol. The highest BCUT2D eigenvalue weighted by atomic mass is 19.4. The number of rotatable bonds is 8. The first-order valence-electron chi connectivity index (χ1n) is 13.3. The second kappa shape index (κ2) is 12.5. The summed E-state index contributed by atoms with van der Waals surface area (Å²) in [6.45, 7) is 4.06. The number of ether oxygens (including phenoxy) is 3. The van der Waals surface area contributed by atoms with Crippen LogP contribution in [0, 0.1) is 0 Å². The second-order valence-corrected chi connectivity index (χ2v) is 9.81. The number of halogens is 3. The van der Waals surface area contributed by atoms with Gasteiger partial charge in [-0.05, 0) is 49.6 Å². The van der Waals surface area contributed by atoms with Gasteiger partial charge in [0.25, 0.3) is 0 Å². The molecule has 2 amide bonds. The summed E-state index contributed by atoms with van der Waals surface area (Å²) in [6, 6.07) is 16.7. The van der Waals surface area contributed by atoms with Crippen LogP contribution < -0.4 is 14.4 Å². The Hall–Kier alpha value is -4.21. The van der Waals surface area contributed by atoms with Gasteiger partial charge < -0.3 is 19.1 Å². The zero-order valence-electron chi connectivity index (χ0n) is 23.4. The molecule has 10 heteroatoms. The molecule has 41 heavy (non-hydrogen) atoms. The van der Waals surface area contributed by atoms with Crippen LogP contribution in [0.3, 0.4) is 0 Å². The quantitative estimate of drug-likeness (QED) is 0.298. The fourth-order valence-corrected chi connectivity index (χ4v) is 5.16. The van der Waals surface area contributed by atoms with Gasteiger partial charge in [0.2, 0.25) is 5.91 Å². The predicted octanol–water partition coefficient (Wildman–Crippen LogP) is 6.79. The summed E-state index contributed by atoms with van der Waals surface area (Å²) in [5.74, 6) is 0.583. The van der Waals surface area contributed by atoms with Gasteiger partial charge in [0.1, 0.15) is 0 Å². The van der Waals surface area contributed by atoms with Crippen LogP contribution in [0.1, 0.15) is 48.6 Å². The Morgan fingerprint density at radius 1 is 0.951 bits per heavy atom. The predicted molar refractivity (Wildman–Crippen MR) is 148 cm³/mol. The van der Waals surface area contributed by atoms with Gasteiger partial charge in [-0.2, -0.15) is 13.2 Å². The summed E-state index contributed by atoms with van der Waals surface area (Å²) in [6.07, 6.45) is -4.68. The molecule has 2 atom stereocenters. The van der Waals surface area contributed by atoms with E-state index in [-0.39, 0.29) is 31.5 Å². The molecule has 3 aromatic rings. The average Bonchev–Trinajstić information content (AvgIpc) is 2.95. The number of alkyl halides is 3. The molecule has 1 aliphatic heterocycles. The van der Waals surface area contributed by atoms with E-state index in [4.69, 9.17) is 14.2 Å². The van der Waals surface area contributed by atoms with E-state index in [9.17, 15) is 22.8 Å². The van der Waals surface area contributed by atoms with Crippen molar-refractivity contribution >= 4 is 17.7 Å². The molecule has 0 N–H and O–H groups in total. The first-order valence-corrected chi connectivity index (χ1v) is 13.3. The molecule has 0 aliphatic carbocycles. The Morgan fingerprint density at radius 3 is 2.17 bits per heavy atom. The van der Waals surface area contributed by atoms with Gasteiger partial charge in [-0.3, -0.25) is 9.69 Å². The molecule has 3 aromatic carbocycles. The molecule has 0 spiro atoms. The summed E-state index contributed by atoms with van der Waals surface area (Å²) >= 11 is 0. The third kappa shape index (κ3) is 6.58. The van der Waals surface area contributed by atoms with Crippen LogP contribution in [0.4, 0.5) is 23.7 Å². The van der Waals surface area contributed by atoms with Gasteiger partial charge in [-0.1, -0.05) is 42.5 Å². The molecular weight excluding hydrogens is 537 g/mol. The Morgan fingerprint density at radius 2 is 1.59 bits per heavy atom. The SMILES string of the molecule is CCOC(=O)N1c2cc(OC)c(OC)cc2C(N(Cc2ccccc2)C(=O)Cc2ccc(C(F)(F)F)cc2)CC1C. The van der Waals surface area contributed by atoms with Crippen molar-refractivity contribution in [3.05, 3.63) is 89.0 Å². The highest BCUT2D eigenvalue weighted by Gasteiger charge is 2.40. The summed E-state index contributed by atoms with van der Waals surface area (Å²) in [5.41, 5.74) is 1.78. The largest absolute Gasteiger partial charge is 0.493 e. The Kier molecular flexibility index (Phi) is 9.10. The fourth-order valence-electron chi connectivity index (χ4n) is 5.16. The third-order valence-corrected chi connectivity index (χ3v) is 7.15. The lowest BCUT2D eigenvalue weighted by atomic mass is 9.89. The van der Waals surface area contributed by atoms with Crippen molar-refractivity contribution in [2.24, 2.45) is 0 Å². The van der Waals surface area contributed by atoms with E-state index in [1.165, 1.54) is 26.4 Å². The van der Waals surface area contributed by atoms with Crippen LogP contribution >= 0.6 is 0 Å². The summed E-state index contributed by atoms with van der Waals surface area (Å²) in [4.78, 5) is 30.3. The number of hydrogen-bond acceptors (Lipinski definition) is 5. The molecule has 7 nitrogen and oxygen atoms in total. The van der Waals surface area contributed by atoms with Crippen LogP contribution in [-0.2, 0) is 28.7 Å². The van der Waals surface area contributed by atoms with Crippen molar-refractivity contribution in [1.82, 2.24) is 4.90 Å². The Labute approximate surface area is 237 Å². The molecule has 218 valence electrons. The van der Waals surface area contributed by atoms with Crippen LogP contribution in [-0.4, -0.2) is 43.8 Å². The molecule has 2 unspecified atom stereocenters. The van der Waals surface area contributed by atoms with E-state index in [1.54, 1.807) is 28.9 Å². The van der Waals surface area contributed by atoms with Gasteiger partial charge in [0, 0.05) is 24.2 Å². The Balaban J connectivity index is 1.78. The normalized spacial score (nSPS) is 16.5. The number of fused-ring (bicyclic) bond motifs is 1. The maximum atomic E-state index is 14.0. The van der Waals surface area contributed by atoms with Gasteiger partial charge in [-0.15, -0.1) is 0 Å². The van der Waals surface area contributed by atoms with Crippen LogP contribution in [0.25, 0.3) is 0 Å². The van der Waals surface area contributed by atoms with E-state index in [1.807, 2.05) is 37.3 Å². The number of nitrogens with zero attached hydrogens (tertiary/aromatic N) is 2. The molecular formula is C31H33F3N2O5. The molecule has 0 fully saturated rings. The maximum absolute atomic E-state index is 14.0. The molecule has 0 radical (unpaired) electrons. The van der Waals surface area contributed by atoms with Gasteiger partial charge in [-0.25, -0.2) is 4.79 Å². The van der Waals surface area contributed by atoms with Gasteiger partial charge in [0.15, 0.2) is 11.5 Å². The summed E-state index contributed by atoms with van der Waals surface area (Å²) in [7, 11) is 3.00. The van der Waals surface area contributed by atoms with Gasteiger partial charge >= 0.3 is 12.3 Å². The molecule has 0 saturated heterocycles. The lowest BCUT2D eigenvalue weighted by Gasteiger charge is -2.43. The van der Waals surface area contributed by atoms with E-state index in [2.05, 4.69) is 0 Å². The van der Waals surface area contributed by atoms with Crippen molar-refractivity contribution in [2.45, 2.75) is 51.5 Å². The zero-order chi connectivity index (χ0) is 29.7.